The van der Waals surface area contributed by atoms with Crippen molar-refractivity contribution in [3.05, 3.63) is 35.1 Å². The van der Waals surface area contributed by atoms with E-state index in [1.807, 2.05) is 0 Å². The van der Waals surface area contributed by atoms with Crippen molar-refractivity contribution >= 4 is 25.4 Å². The lowest BCUT2D eigenvalue weighted by atomic mass is 9.87. The zero-order valence-electron chi connectivity index (χ0n) is 19.8. The van der Waals surface area contributed by atoms with Crippen molar-refractivity contribution < 1.29 is 41.9 Å². The van der Waals surface area contributed by atoms with Gasteiger partial charge in [-0.1, -0.05) is 6.07 Å². The Labute approximate surface area is 193 Å². The Hall–Kier alpha value is -2.29. The smallest absolute Gasteiger partial charge is 0.344 e. The molecule has 0 heterocycles. The maximum absolute atomic E-state index is 14.2. The molecule has 0 aromatic heterocycles. The molecule has 186 valence electrons. The molecule has 0 radical (unpaired) electrons. The minimum atomic E-state index is -3.40. The van der Waals surface area contributed by atoms with Crippen molar-refractivity contribution in [3.8, 4) is 0 Å². The van der Waals surface area contributed by atoms with Gasteiger partial charge in [0.05, 0.1) is 32.6 Å². The molecule has 0 unspecified atom stereocenters. The average Bonchev–Trinajstić information content (AvgIpc) is 2.73. The van der Waals surface area contributed by atoms with Gasteiger partial charge in [-0.3, -0.25) is 9.36 Å². The van der Waals surface area contributed by atoms with E-state index in [1.54, 1.807) is 27.7 Å². The fraction of sp³-hybridized carbons (Fsp3) is 0.591. The molecule has 1 N–H and O–H groups in total. The predicted molar refractivity (Wildman–Crippen MR) is 119 cm³/mol. The van der Waals surface area contributed by atoms with Gasteiger partial charge in [0.1, 0.15) is 5.82 Å². The number of benzene rings is 1. The monoisotopic (exact) mass is 489 g/mol. The normalized spacial score (nSPS) is 11.7. The molecule has 0 spiro atoms. The second-order valence-corrected chi connectivity index (χ2v) is 9.22. The van der Waals surface area contributed by atoms with Crippen LogP contribution in [0.3, 0.4) is 0 Å². The summed E-state index contributed by atoms with van der Waals surface area (Å²) < 4.78 is 47.8. The fourth-order valence-electron chi connectivity index (χ4n) is 3.29. The van der Waals surface area contributed by atoms with Gasteiger partial charge in [0.2, 0.25) is 11.4 Å². The summed E-state index contributed by atoms with van der Waals surface area (Å²) in [5.41, 5.74) is -1.48. The molecule has 1 aromatic rings. The number of halogens is 1. The summed E-state index contributed by atoms with van der Waals surface area (Å²) in [5.74, 6) is -3.34. The first kappa shape index (κ1) is 28.7. The van der Waals surface area contributed by atoms with Crippen molar-refractivity contribution in [3.63, 3.8) is 0 Å². The number of esters is 2. The van der Waals surface area contributed by atoms with Crippen LogP contribution in [-0.4, -0.2) is 56.0 Å². The van der Waals surface area contributed by atoms with E-state index in [9.17, 15) is 23.3 Å². The standard InChI is InChI=1S/C22H33FNO8P/c1-6-29-20(26)22(24-16(5)25,21(27)30-7-2)15-18-14-19(23)11-10-17(18)12-13-33(28,31-8-3)32-9-4/h10-11,14H,6-9,12-13,15H2,1-5H3,(H,24,25). The van der Waals surface area contributed by atoms with Crippen molar-refractivity contribution in [2.45, 2.75) is 53.0 Å². The SMILES string of the molecule is CCOC(=O)C(Cc1cc(F)ccc1CCP(=O)(OCC)OCC)(NC(C)=O)C(=O)OCC. The minimum absolute atomic E-state index is 0.000732. The molecule has 0 saturated heterocycles. The first-order valence-electron chi connectivity index (χ1n) is 10.9. The fourth-order valence-corrected chi connectivity index (χ4v) is 4.92. The summed E-state index contributed by atoms with van der Waals surface area (Å²) in [6.07, 6.45) is -0.279. The van der Waals surface area contributed by atoms with Gasteiger partial charge in [0.15, 0.2) is 0 Å². The first-order chi connectivity index (χ1) is 15.6. The molecule has 11 heteroatoms. The summed E-state index contributed by atoms with van der Waals surface area (Å²) in [6.45, 7) is 7.88. The van der Waals surface area contributed by atoms with Crippen molar-refractivity contribution in [1.82, 2.24) is 5.32 Å². The number of ether oxygens (including phenoxy) is 2. The minimum Gasteiger partial charge on any atom is -0.464 e. The Bertz CT molecular complexity index is 848. The molecule has 1 rings (SSSR count). The topological polar surface area (TPSA) is 117 Å². The van der Waals surface area contributed by atoms with Crippen LogP contribution in [0.1, 0.15) is 45.7 Å². The highest BCUT2D eigenvalue weighted by atomic mass is 31.2. The Morgan fingerprint density at radius 2 is 1.48 bits per heavy atom. The van der Waals surface area contributed by atoms with Crippen LogP contribution in [0, 0.1) is 5.82 Å². The van der Waals surface area contributed by atoms with Crippen LogP contribution in [0.2, 0.25) is 0 Å². The van der Waals surface area contributed by atoms with Crippen LogP contribution in [0.5, 0.6) is 0 Å². The third-order valence-electron chi connectivity index (χ3n) is 4.57. The van der Waals surface area contributed by atoms with Gasteiger partial charge < -0.3 is 23.8 Å². The summed E-state index contributed by atoms with van der Waals surface area (Å²) in [5, 5.41) is 2.36. The number of hydrogen-bond donors (Lipinski definition) is 1. The molecule has 0 atom stereocenters. The van der Waals surface area contributed by atoms with E-state index >= 15 is 0 Å². The molecule has 0 saturated carbocycles. The molecule has 0 aliphatic heterocycles. The first-order valence-corrected chi connectivity index (χ1v) is 12.6. The second kappa shape index (κ2) is 13.4. The van der Waals surface area contributed by atoms with E-state index in [4.69, 9.17) is 18.5 Å². The average molecular weight is 489 g/mol. The maximum Gasteiger partial charge on any atom is 0.344 e. The Morgan fingerprint density at radius 1 is 0.939 bits per heavy atom. The van der Waals surface area contributed by atoms with Crippen LogP contribution in [-0.2, 0) is 50.3 Å². The van der Waals surface area contributed by atoms with E-state index < -0.39 is 43.2 Å². The van der Waals surface area contributed by atoms with Gasteiger partial charge in [-0.25, -0.2) is 14.0 Å². The molecule has 0 fully saturated rings. The molecule has 33 heavy (non-hydrogen) atoms. The molecule has 0 bridgehead atoms. The molecular formula is C22H33FNO8P. The third-order valence-corrected chi connectivity index (χ3v) is 6.64. The number of carbonyl (C=O) groups is 3. The van der Waals surface area contributed by atoms with Gasteiger partial charge >= 0.3 is 19.5 Å². The quantitative estimate of drug-likeness (QED) is 0.241. The maximum atomic E-state index is 14.2. The summed E-state index contributed by atoms with van der Waals surface area (Å²) in [6, 6.07) is 3.82. The molecule has 0 aliphatic rings. The lowest BCUT2D eigenvalue weighted by Gasteiger charge is -2.30. The van der Waals surface area contributed by atoms with Crippen LogP contribution < -0.4 is 5.32 Å². The summed E-state index contributed by atoms with van der Waals surface area (Å²) in [4.78, 5) is 37.7. The highest BCUT2D eigenvalue weighted by molar-refractivity contribution is 7.53. The summed E-state index contributed by atoms with van der Waals surface area (Å²) in [7, 11) is -3.40. The highest BCUT2D eigenvalue weighted by Gasteiger charge is 2.50. The van der Waals surface area contributed by atoms with Crippen LogP contribution in [0.25, 0.3) is 0 Å². The Kier molecular flexibility index (Phi) is 11.7. The van der Waals surface area contributed by atoms with E-state index in [0.717, 1.165) is 13.0 Å². The number of rotatable bonds is 14. The van der Waals surface area contributed by atoms with Crippen LogP contribution in [0.15, 0.2) is 18.2 Å². The molecule has 1 amide bonds. The molecule has 9 nitrogen and oxygen atoms in total. The highest BCUT2D eigenvalue weighted by Crippen LogP contribution is 2.48. The number of carbonyl (C=O) groups excluding carboxylic acids is 3. The Morgan fingerprint density at radius 3 is 1.94 bits per heavy atom. The van der Waals surface area contributed by atoms with E-state index in [2.05, 4.69) is 5.32 Å². The zero-order chi connectivity index (χ0) is 25.1. The summed E-state index contributed by atoms with van der Waals surface area (Å²) >= 11 is 0. The van der Waals surface area contributed by atoms with Gasteiger partial charge in [-0.05, 0) is 57.4 Å². The van der Waals surface area contributed by atoms with Crippen molar-refractivity contribution in [2.24, 2.45) is 0 Å². The van der Waals surface area contributed by atoms with E-state index in [-0.39, 0.29) is 44.6 Å². The van der Waals surface area contributed by atoms with Crippen LogP contribution >= 0.6 is 7.60 Å². The predicted octanol–water partition coefficient (Wildman–Crippen LogP) is 3.18. The number of hydrogen-bond acceptors (Lipinski definition) is 8. The number of aryl methyl sites for hydroxylation is 1. The van der Waals surface area contributed by atoms with E-state index in [0.29, 0.717) is 5.56 Å². The third kappa shape index (κ3) is 8.21. The van der Waals surface area contributed by atoms with Crippen molar-refractivity contribution in [1.29, 1.82) is 0 Å². The lowest BCUT2D eigenvalue weighted by Crippen LogP contribution is -2.62. The van der Waals surface area contributed by atoms with E-state index in [1.165, 1.54) is 12.1 Å². The number of nitrogens with one attached hydrogen (secondary N) is 1. The van der Waals surface area contributed by atoms with Gasteiger partial charge in [-0.2, -0.15) is 0 Å². The molecule has 0 aliphatic carbocycles. The largest absolute Gasteiger partial charge is 0.464 e. The van der Waals surface area contributed by atoms with Crippen LogP contribution in [0.4, 0.5) is 4.39 Å². The number of amides is 1. The van der Waals surface area contributed by atoms with Gasteiger partial charge in [0.25, 0.3) is 0 Å². The molecular weight excluding hydrogens is 456 g/mol. The van der Waals surface area contributed by atoms with Gasteiger partial charge in [0, 0.05) is 13.3 Å². The van der Waals surface area contributed by atoms with Gasteiger partial charge in [-0.15, -0.1) is 0 Å². The zero-order valence-corrected chi connectivity index (χ0v) is 20.7. The lowest BCUT2D eigenvalue weighted by molar-refractivity contribution is -0.168. The van der Waals surface area contributed by atoms with Crippen molar-refractivity contribution in [2.75, 3.05) is 32.6 Å². The second-order valence-electron chi connectivity index (χ2n) is 7.04. The Balaban J connectivity index is 3.46. The molecule has 1 aromatic carbocycles.